The third kappa shape index (κ3) is 4.86. The van der Waals surface area contributed by atoms with Crippen LogP contribution in [-0.2, 0) is 6.42 Å². The topological polar surface area (TPSA) is 52.1 Å². The molecular formula is C19H31N5O. The molecule has 1 aromatic rings. The molecule has 2 N–H and O–H groups in total. The van der Waals surface area contributed by atoms with Gasteiger partial charge < -0.3 is 15.4 Å². The molecule has 6 heteroatoms. The summed E-state index contributed by atoms with van der Waals surface area (Å²) in [6.45, 7) is 10.7. The number of hydrogen-bond donors (Lipinski definition) is 2. The van der Waals surface area contributed by atoms with Crippen LogP contribution in [0.3, 0.4) is 0 Å². The summed E-state index contributed by atoms with van der Waals surface area (Å²) in [6.07, 6.45) is 0.914. The van der Waals surface area contributed by atoms with Gasteiger partial charge in [0, 0.05) is 51.9 Å². The molecule has 4 rings (SSSR count). The van der Waals surface area contributed by atoms with E-state index in [0.717, 1.165) is 44.3 Å². The second-order valence-electron chi connectivity index (χ2n) is 6.70. The molecule has 0 spiro atoms. The van der Waals surface area contributed by atoms with Crippen LogP contribution < -0.4 is 15.4 Å². The molecule has 1 aromatic carbocycles. The van der Waals surface area contributed by atoms with E-state index in [1.54, 1.807) is 7.11 Å². The Morgan fingerprint density at radius 2 is 2.00 bits per heavy atom. The minimum absolute atomic E-state index is 0.562. The van der Waals surface area contributed by atoms with E-state index in [9.17, 15) is 0 Å². The molecule has 3 heterocycles. The largest absolute Gasteiger partial charge is 0.496 e. The predicted molar refractivity (Wildman–Crippen MR) is 102 cm³/mol. The van der Waals surface area contributed by atoms with E-state index in [1.165, 1.54) is 31.7 Å². The van der Waals surface area contributed by atoms with Crippen LogP contribution in [0.25, 0.3) is 0 Å². The Bertz CT molecular complexity index is 569. The number of fused-ring (bicyclic) bond motifs is 3. The summed E-state index contributed by atoms with van der Waals surface area (Å²) < 4.78 is 5.42. The van der Waals surface area contributed by atoms with Crippen LogP contribution in [0.5, 0.6) is 5.75 Å². The lowest BCUT2D eigenvalue weighted by Gasteiger charge is -2.47. The lowest BCUT2D eigenvalue weighted by atomic mass is 10.1. The van der Waals surface area contributed by atoms with E-state index in [1.807, 2.05) is 12.1 Å². The van der Waals surface area contributed by atoms with Gasteiger partial charge in [0.05, 0.1) is 13.7 Å². The first kappa shape index (κ1) is 18.0. The van der Waals surface area contributed by atoms with Gasteiger partial charge in [-0.05, 0) is 25.0 Å². The molecule has 3 aliphatic rings. The predicted octanol–water partition coefficient (Wildman–Crippen LogP) is 0.793. The standard InChI is InChI=1S/C19H31N5O/c1-3-20-19(21-9-8-16-6-4-5-7-18(16)25-2)22-14-17-15-23-10-12-24(17)13-11-23/h4-7,17H,3,8-15H2,1-2H3,(H2,20,21,22). The maximum absolute atomic E-state index is 5.42. The lowest BCUT2D eigenvalue weighted by molar-refractivity contribution is 0.0174. The molecular weight excluding hydrogens is 314 g/mol. The highest BCUT2D eigenvalue weighted by Gasteiger charge is 2.31. The third-order valence-corrected chi connectivity index (χ3v) is 5.08. The summed E-state index contributed by atoms with van der Waals surface area (Å²) in [4.78, 5) is 9.97. The highest BCUT2D eigenvalue weighted by Crippen LogP contribution is 2.17. The van der Waals surface area contributed by atoms with Crippen molar-refractivity contribution in [1.29, 1.82) is 0 Å². The van der Waals surface area contributed by atoms with E-state index in [-0.39, 0.29) is 0 Å². The Morgan fingerprint density at radius 1 is 1.20 bits per heavy atom. The van der Waals surface area contributed by atoms with Gasteiger partial charge in [-0.25, -0.2) is 0 Å². The number of nitrogens with one attached hydrogen (secondary N) is 2. The molecule has 3 saturated heterocycles. The minimum Gasteiger partial charge on any atom is -0.496 e. The van der Waals surface area contributed by atoms with Crippen LogP contribution in [0, 0.1) is 0 Å². The Morgan fingerprint density at radius 3 is 2.68 bits per heavy atom. The fourth-order valence-corrected chi connectivity index (χ4v) is 3.66. The first-order valence-corrected chi connectivity index (χ1v) is 9.40. The number of rotatable bonds is 7. The highest BCUT2D eigenvalue weighted by molar-refractivity contribution is 5.79. The smallest absolute Gasteiger partial charge is 0.191 e. The van der Waals surface area contributed by atoms with Crippen LogP contribution in [0.2, 0.25) is 0 Å². The van der Waals surface area contributed by atoms with Crippen LogP contribution >= 0.6 is 0 Å². The Hall–Kier alpha value is -1.79. The fourth-order valence-electron chi connectivity index (χ4n) is 3.66. The van der Waals surface area contributed by atoms with E-state index in [0.29, 0.717) is 6.04 Å². The maximum Gasteiger partial charge on any atom is 0.191 e. The van der Waals surface area contributed by atoms with Gasteiger partial charge >= 0.3 is 0 Å². The number of aliphatic imine (C=N–C) groups is 1. The normalized spacial score (nSPS) is 25.7. The number of para-hydroxylation sites is 1. The van der Waals surface area contributed by atoms with Gasteiger partial charge in [0.2, 0.25) is 0 Å². The number of methoxy groups -OCH3 is 1. The van der Waals surface area contributed by atoms with Crippen molar-refractivity contribution in [2.75, 3.05) is 59.5 Å². The Balaban J connectivity index is 1.50. The Labute approximate surface area is 151 Å². The van der Waals surface area contributed by atoms with Crippen molar-refractivity contribution in [2.24, 2.45) is 4.99 Å². The summed E-state index contributed by atoms with van der Waals surface area (Å²) in [5.74, 6) is 1.86. The molecule has 1 unspecified atom stereocenters. The second kappa shape index (κ2) is 9.06. The van der Waals surface area contributed by atoms with Gasteiger partial charge in [-0.15, -0.1) is 0 Å². The lowest BCUT2D eigenvalue weighted by Crippen LogP contribution is -2.62. The quantitative estimate of drug-likeness (QED) is 0.565. The van der Waals surface area contributed by atoms with E-state index >= 15 is 0 Å². The van der Waals surface area contributed by atoms with Crippen molar-refractivity contribution in [3.05, 3.63) is 29.8 Å². The van der Waals surface area contributed by atoms with Gasteiger partial charge in [-0.3, -0.25) is 14.8 Å². The van der Waals surface area contributed by atoms with Crippen molar-refractivity contribution in [2.45, 2.75) is 19.4 Å². The molecule has 2 bridgehead atoms. The summed E-state index contributed by atoms with van der Waals surface area (Å²) in [5, 5.41) is 6.81. The van der Waals surface area contributed by atoms with Crippen molar-refractivity contribution >= 4 is 5.96 Å². The molecule has 0 aromatic heterocycles. The van der Waals surface area contributed by atoms with Crippen molar-refractivity contribution in [3.8, 4) is 5.75 Å². The number of ether oxygens (including phenoxy) is 1. The zero-order valence-electron chi connectivity index (χ0n) is 15.5. The van der Waals surface area contributed by atoms with Crippen molar-refractivity contribution < 1.29 is 4.74 Å². The summed E-state index contributed by atoms with van der Waals surface area (Å²) in [6, 6.07) is 8.75. The maximum atomic E-state index is 5.42. The average molecular weight is 345 g/mol. The second-order valence-corrected chi connectivity index (χ2v) is 6.70. The first-order valence-electron chi connectivity index (χ1n) is 9.40. The van der Waals surface area contributed by atoms with Crippen LogP contribution in [0.4, 0.5) is 0 Å². The average Bonchev–Trinajstić information content (AvgIpc) is 2.67. The van der Waals surface area contributed by atoms with Gasteiger partial charge in [0.1, 0.15) is 5.75 Å². The minimum atomic E-state index is 0.562. The van der Waals surface area contributed by atoms with Gasteiger partial charge in [-0.2, -0.15) is 0 Å². The molecule has 0 aliphatic carbocycles. The number of benzene rings is 1. The highest BCUT2D eigenvalue weighted by atomic mass is 16.5. The number of nitrogens with zero attached hydrogens (tertiary/aromatic N) is 3. The molecule has 3 aliphatic heterocycles. The molecule has 138 valence electrons. The molecule has 0 radical (unpaired) electrons. The molecule has 1 atom stereocenters. The first-order chi connectivity index (χ1) is 12.3. The van der Waals surface area contributed by atoms with Gasteiger partial charge in [0.15, 0.2) is 5.96 Å². The monoisotopic (exact) mass is 345 g/mol. The summed E-state index contributed by atoms with van der Waals surface area (Å²) in [7, 11) is 1.72. The van der Waals surface area contributed by atoms with Crippen LogP contribution in [0.1, 0.15) is 12.5 Å². The SMILES string of the molecule is CCNC(=NCC1CN2CCN1CC2)NCCc1ccccc1OC. The molecule has 6 nitrogen and oxygen atoms in total. The van der Waals surface area contributed by atoms with E-state index in [2.05, 4.69) is 39.5 Å². The summed E-state index contributed by atoms with van der Waals surface area (Å²) in [5.41, 5.74) is 1.22. The molecule has 0 saturated carbocycles. The molecule has 25 heavy (non-hydrogen) atoms. The Kier molecular flexibility index (Phi) is 6.53. The zero-order chi connectivity index (χ0) is 17.5. The van der Waals surface area contributed by atoms with Crippen LogP contribution in [-0.4, -0.2) is 81.3 Å². The molecule has 3 fully saturated rings. The third-order valence-electron chi connectivity index (χ3n) is 5.08. The van der Waals surface area contributed by atoms with E-state index in [4.69, 9.17) is 9.73 Å². The van der Waals surface area contributed by atoms with Gasteiger partial charge in [-0.1, -0.05) is 18.2 Å². The van der Waals surface area contributed by atoms with Gasteiger partial charge in [0.25, 0.3) is 0 Å². The van der Waals surface area contributed by atoms with Crippen molar-refractivity contribution in [1.82, 2.24) is 20.4 Å². The molecule has 0 amide bonds. The fraction of sp³-hybridized carbons (Fsp3) is 0.632. The van der Waals surface area contributed by atoms with E-state index < -0.39 is 0 Å². The number of piperazine rings is 3. The zero-order valence-corrected chi connectivity index (χ0v) is 15.5. The summed E-state index contributed by atoms with van der Waals surface area (Å²) >= 11 is 0. The van der Waals surface area contributed by atoms with Crippen molar-refractivity contribution in [3.63, 3.8) is 0 Å². The number of guanidine groups is 1. The number of hydrogen-bond acceptors (Lipinski definition) is 4. The van der Waals surface area contributed by atoms with Crippen LogP contribution in [0.15, 0.2) is 29.3 Å².